The summed E-state index contributed by atoms with van der Waals surface area (Å²) in [5.74, 6) is 0.140. The first-order valence-corrected chi connectivity index (χ1v) is 5.95. The average molecular weight is 278 g/mol. The molecule has 0 aliphatic carbocycles. The van der Waals surface area contributed by atoms with Crippen LogP contribution in [0.5, 0.6) is 0 Å². The number of hydrogen-bond acceptors (Lipinski definition) is 6. The van der Waals surface area contributed by atoms with Crippen LogP contribution in [0.1, 0.15) is 0 Å². The maximum Gasteiger partial charge on any atom is 0.415 e. The van der Waals surface area contributed by atoms with E-state index in [0.29, 0.717) is 13.1 Å². The van der Waals surface area contributed by atoms with Crippen molar-refractivity contribution in [3.8, 4) is 0 Å². The zero-order valence-electron chi connectivity index (χ0n) is 10.9. The number of methoxy groups -OCH3 is 1. The van der Waals surface area contributed by atoms with Crippen LogP contribution in [-0.4, -0.2) is 48.5 Å². The number of carbonyl (C=O) groups excluding carboxylic acids is 1. The molecule has 1 amide bonds. The van der Waals surface area contributed by atoms with E-state index in [4.69, 9.17) is 5.41 Å². The van der Waals surface area contributed by atoms with Gasteiger partial charge in [0.2, 0.25) is 0 Å². The van der Waals surface area contributed by atoms with Gasteiger partial charge < -0.3 is 9.64 Å². The molecule has 1 aliphatic heterocycles. The van der Waals surface area contributed by atoms with E-state index < -0.39 is 11.0 Å². The molecule has 1 aliphatic rings. The molecule has 2 rings (SSSR count). The lowest BCUT2D eigenvalue weighted by Gasteiger charge is -2.35. The number of nitro benzene ring substituents is 1. The Balaban J connectivity index is 2.07. The number of nitrogens with one attached hydrogen (secondary N) is 1. The van der Waals surface area contributed by atoms with Gasteiger partial charge in [-0.25, -0.2) is 4.79 Å². The fourth-order valence-corrected chi connectivity index (χ4v) is 2.02. The second-order valence-electron chi connectivity index (χ2n) is 4.26. The number of piperazine rings is 1. The van der Waals surface area contributed by atoms with Gasteiger partial charge in [0.1, 0.15) is 5.84 Å². The molecule has 1 aromatic rings. The fraction of sp³-hybridized carbons (Fsp3) is 0.333. The number of nitrogens with zero attached hydrogens (tertiary/aromatic N) is 3. The highest BCUT2D eigenvalue weighted by Crippen LogP contribution is 2.21. The lowest BCUT2D eigenvalue weighted by Crippen LogP contribution is -2.52. The van der Waals surface area contributed by atoms with Crippen LogP contribution in [0.25, 0.3) is 0 Å². The third kappa shape index (κ3) is 2.68. The average Bonchev–Trinajstić information content (AvgIpc) is 2.46. The second kappa shape index (κ2) is 5.55. The van der Waals surface area contributed by atoms with E-state index in [0.717, 1.165) is 5.69 Å². The van der Waals surface area contributed by atoms with Crippen LogP contribution in [0.2, 0.25) is 0 Å². The lowest BCUT2D eigenvalue weighted by molar-refractivity contribution is -0.384. The summed E-state index contributed by atoms with van der Waals surface area (Å²) in [4.78, 5) is 24.7. The highest BCUT2D eigenvalue weighted by atomic mass is 16.6. The van der Waals surface area contributed by atoms with Crippen LogP contribution < -0.4 is 4.90 Å². The molecule has 0 radical (unpaired) electrons. The summed E-state index contributed by atoms with van der Waals surface area (Å²) in [6, 6.07) is 6.12. The van der Waals surface area contributed by atoms with Gasteiger partial charge in [0.05, 0.1) is 18.6 Å². The van der Waals surface area contributed by atoms with Gasteiger partial charge >= 0.3 is 6.09 Å². The summed E-state index contributed by atoms with van der Waals surface area (Å²) in [6.45, 7) is 1.14. The summed E-state index contributed by atoms with van der Waals surface area (Å²) >= 11 is 0. The van der Waals surface area contributed by atoms with E-state index in [2.05, 4.69) is 4.74 Å². The van der Waals surface area contributed by atoms with Crippen molar-refractivity contribution >= 4 is 23.3 Å². The minimum Gasteiger partial charge on any atom is -0.452 e. The minimum atomic E-state index is -0.543. The highest BCUT2D eigenvalue weighted by Gasteiger charge is 2.26. The van der Waals surface area contributed by atoms with Crippen molar-refractivity contribution in [2.45, 2.75) is 0 Å². The van der Waals surface area contributed by atoms with Gasteiger partial charge in [-0.1, -0.05) is 0 Å². The Kier molecular flexibility index (Phi) is 3.83. The first kappa shape index (κ1) is 13.8. The lowest BCUT2D eigenvalue weighted by atomic mass is 10.2. The predicted octanol–water partition coefficient (Wildman–Crippen LogP) is 1.46. The van der Waals surface area contributed by atoms with E-state index in [-0.39, 0.29) is 18.1 Å². The minimum absolute atomic E-state index is 0.0250. The number of nitro groups is 1. The topological polar surface area (TPSA) is 99.8 Å². The molecule has 1 saturated heterocycles. The maximum atomic E-state index is 11.4. The van der Waals surface area contributed by atoms with Crippen molar-refractivity contribution in [1.82, 2.24) is 4.90 Å². The van der Waals surface area contributed by atoms with Crippen molar-refractivity contribution in [1.29, 1.82) is 5.41 Å². The van der Waals surface area contributed by atoms with Crippen LogP contribution in [0, 0.1) is 15.5 Å². The van der Waals surface area contributed by atoms with E-state index in [1.54, 1.807) is 12.1 Å². The van der Waals surface area contributed by atoms with Crippen LogP contribution in [-0.2, 0) is 4.74 Å². The summed E-state index contributed by atoms with van der Waals surface area (Å²) in [6.07, 6.45) is -0.543. The van der Waals surface area contributed by atoms with Crippen LogP contribution in [0.4, 0.5) is 16.2 Å². The molecule has 1 N–H and O–H groups in total. The number of amidine groups is 1. The molecule has 106 valence electrons. The number of anilines is 1. The van der Waals surface area contributed by atoms with Gasteiger partial charge in [-0.15, -0.1) is 0 Å². The molecular weight excluding hydrogens is 264 g/mol. The first-order chi connectivity index (χ1) is 9.52. The number of amides is 1. The van der Waals surface area contributed by atoms with E-state index in [1.165, 1.54) is 24.1 Å². The van der Waals surface area contributed by atoms with Crippen molar-refractivity contribution in [3.63, 3.8) is 0 Å². The molecule has 0 unspecified atom stereocenters. The standard InChI is InChI=1S/C12H14N4O4/c1-20-12(17)15-7-6-14(8-11(15)13)9-2-4-10(5-3-9)16(18)19/h2-5,13H,6-8H2,1H3. The Labute approximate surface area is 115 Å². The maximum absolute atomic E-state index is 11.4. The predicted molar refractivity (Wildman–Crippen MR) is 72.1 cm³/mol. The number of non-ortho nitro benzene ring substituents is 1. The highest BCUT2D eigenvalue weighted by molar-refractivity contribution is 5.97. The normalized spacial score (nSPS) is 15.2. The van der Waals surface area contributed by atoms with Gasteiger partial charge in [0.15, 0.2) is 0 Å². The third-order valence-electron chi connectivity index (χ3n) is 3.08. The molecule has 1 aromatic carbocycles. The van der Waals surface area contributed by atoms with Gasteiger partial charge in [-0.05, 0) is 12.1 Å². The molecule has 20 heavy (non-hydrogen) atoms. The Bertz CT molecular complexity index is 543. The number of benzene rings is 1. The molecule has 8 nitrogen and oxygen atoms in total. The molecule has 0 bridgehead atoms. The smallest absolute Gasteiger partial charge is 0.415 e. The molecule has 1 fully saturated rings. The van der Waals surface area contributed by atoms with Crippen LogP contribution in [0.15, 0.2) is 24.3 Å². The van der Waals surface area contributed by atoms with Crippen molar-refractivity contribution < 1.29 is 14.5 Å². The third-order valence-corrected chi connectivity index (χ3v) is 3.08. The molecule has 0 aromatic heterocycles. The summed E-state index contributed by atoms with van der Waals surface area (Å²) in [5.41, 5.74) is 0.807. The Morgan fingerprint density at radius 1 is 1.35 bits per heavy atom. The second-order valence-corrected chi connectivity index (χ2v) is 4.26. The first-order valence-electron chi connectivity index (χ1n) is 5.95. The molecule has 0 saturated carbocycles. The van der Waals surface area contributed by atoms with Crippen LogP contribution >= 0.6 is 0 Å². The zero-order chi connectivity index (χ0) is 14.7. The zero-order valence-corrected chi connectivity index (χ0v) is 10.9. The number of carbonyl (C=O) groups is 1. The Hall–Kier alpha value is -2.64. The molecule has 0 atom stereocenters. The molecular formula is C12H14N4O4. The number of rotatable bonds is 2. The molecule has 1 heterocycles. The van der Waals surface area contributed by atoms with E-state index >= 15 is 0 Å². The summed E-state index contributed by atoms with van der Waals surface area (Å²) in [7, 11) is 1.28. The van der Waals surface area contributed by atoms with E-state index in [1.807, 2.05) is 4.90 Å². The van der Waals surface area contributed by atoms with Crippen molar-refractivity contribution in [3.05, 3.63) is 34.4 Å². The van der Waals surface area contributed by atoms with Crippen LogP contribution in [0.3, 0.4) is 0 Å². The Morgan fingerprint density at radius 3 is 2.50 bits per heavy atom. The number of ether oxygens (including phenoxy) is 1. The van der Waals surface area contributed by atoms with Gasteiger partial charge in [0, 0.05) is 30.9 Å². The SMILES string of the molecule is COC(=O)N1CCN(c2ccc([N+](=O)[O-])cc2)CC1=N. The van der Waals surface area contributed by atoms with Crippen molar-refractivity contribution in [2.24, 2.45) is 0 Å². The van der Waals surface area contributed by atoms with Gasteiger partial charge in [-0.2, -0.15) is 0 Å². The molecule has 8 heteroatoms. The Morgan fingerprint density at radius 2 is 2.00 bits per heavy atom. The number of hydrogen-bond donors (Lipinski definition) is 1. The quantitative estimate of drug-likeness (QED) is 0.652. The largest absolute Gasteiger partial charge is 0.452 e. The summed E-state index contributed by atoms with van der Waals surface area (Å²) in [5, 5.41) is 18.4. The van der Waals surface area contributed by atoms with E-state index in [9.17, 15) is 14.9 Å². The summed E-state index contributed by atoms with van der Waals surface area (Å²) < 4.78 is 4.60. The molecule has 0 spiro atoms. The van der Waals surface area contributed by atoms with Crippen molar-refractivity contribution in [2.75, 3.05) is 31.6 Å². The fourth-order valence-electron chi connectivity index (χ4n) is 2.02. The van der Waals surface area contributed by atoms with Gasteiger partial charge in [0.25, 0.3) is 5.69 Å². The monoisotopic (exact) mass is 278 g/mol. The van der Waals surface area contributed by atoms with Gasteiger partial charge in [-0.3, -0.25) is 20.4 Å².